The topological polar surface area (TPSA) is 66.5 Å². The highest BCUT2D eigenvalue weighted by Gasteiger charge is 2.33. The molecular weight excluding hydrogens is 332 g/mol. The highest BCUT2D eigenvalue weighted by atomic mass is 32.2. The summed E-state index contributed by atoms with van der Waals surface area (Å²) in [5.74, 6) is 0.641. The minimum atomic E-state index is -3.52. The van der Waals surface area contributed by atoms with Crippen LogP contribution in [-0.2, 0) is 14.8 Å². The number of rotatable bonds is 2. The van der Waals surface area contributed by atoms with Crippen LogP contribution in [0.25, 0.3) is 0 Å². The third-order valence-corrected chi connectivity index (χ3v) is 7.36. The van der Waals surface area contributed by atoms with Gasteiger partial charge >= 0.3 is 0 Å². The zero-order valence-electron chi connectivity index (χ0n) is 13.6. The lowest BCUT2D eigenvalue weighted by atomic mass is 9.94. The summed E-state index contributed by atoms with van der Waals surface area (Å²) in [5, 5.41) is 2.64. The molecule has 0 spiro atoms. The first-order valence-electron chi connectivity index (χ1n) is 7.89. The largest absolute Gasteiger partial charge is 0.324 e. The summed E-state index contributed by atoms with van der Waals surface area (Å²) in [6.45, 7) is 7.13. The number of carbonyl (C=O) groups excluding carboxylic acids is 1. The number of benzene rings is 1. The molecule has 5 nitrogen and oxygen atoms in total. The number of piperidine rings is 1. The number of hydrogen-bond acceptors (Lipinski definition) is 4. The standard InChI is InChI=1S/C16H22N2O3S2/c1-10-6-11(2)9-18(8-10)23(20,21)13-4-5-15-14(7-13)17-16(19)12(3)22-15/h4-5,7,10-12H,6,8-9H2,1-3H3,(H,17,19). The SMILES string of the molecule is CC1CC(C)CN(S(=O)(=O)c2ccc3c(c2)NC(=O)C(C)S3)C1. The summed E-state index contributed by atoms with van der Waals surface area (Å²) in [7, 11) is -3.52. The second-order valence-corrected chi connectivity index (χ2v) is 10.00. The van der Waals surface area contributed by atoms with Gasteiger partial charge in [-0.3, -0.25) is 4.79 Å². The van der Waals surface area contributed by atoms with E-state index in [4.69, 9.17) is 0 Å². The number of nitrogens with one attached hydrogen (secondary N) is 1. The van der Waals surface area contributed by atoms with Gasteiger partial charge in [-0.1, -0.05) is 13.8 Å². The Morgan fingerprint density at radius 3 is 2.48 bits per heavy atom. The quantitative estimate of drug-likeness (QED) is 0.887. The Bertz CT molecular complexity index is 723. The maximum absolute atomic E-state index is 12.9. The number of nitrogens with zero attached hydrogens (tertiary/aromatic N) is 1. The Balaban J connectivity index is 1.92. The molecule has 3 rings (SSSR count). The average molecular weight is 354 g/mol. The Labute approximate surface area is 141 Å². The van der Waals surface area contributed by atoms with E-state index in [2.05, 4.69) is 19.2 Å². The molecule has 0 bridgehead atoms. The van der Waals surface area contributed by atoms with Crippen molar-refractivity contribution in [1.82, 2.24) is 4.31 Å². The first-order valence-corrected chi connectivity index (χ1v) is 10.2. The molecule has 2 aliphatic heterocycles. The molecule has 1 aromatic carbocycles. The van der Waals surface area contributed by atoms with Crippen molar-refractivity contribution in [3.63, 3.8) is 0 Å². The molecule has 1 N–H and O–H groups in total. The molecule has 23 heavy (non-hydrogen) atoms. The minimum Gasteiger partial charge on any atom is -0.324 e. The molecule has 2 aliphatic rings. The summed E-state index contributed by atoms with van der Waals surface area (Å²) in [5.41, 5.74) is 0.595. The van der Waals surface area contributed by atoms with Crippen molar-refractivity contribution in [2.45, 2.75) is 42.2 Å². The fourth-order valence-corrected chi connectivity index (χ4v) is 5.94. The zero-order chi connectivity index (χ0) is 16.8. The van der Waals surface area contributed by atoms with Gasteiger partial charge in [0, 0.05) is 18.0 Å². The molecule has 0 aliphatic carbocycles. The highest BCUT2D eigenvalue weighted by molar-refractivity contribution is 8.01. The maximum Gasteiger partial charge on any atom is 0.243 e. The lowest BCUT2D eigenvalue weighted by Crippen LogP contribution is -2.42. The normalized spacial score (nSPS) is 29.0. The maximum atomic E-state index is 12.9. The van der Waals surface area contributed by atoms with Crippen LogP contribution in [0.5, 0.6) is 0 Å². The van der Waals surface area contributed by atoms with E-state index in [9.17, 15) is 13.2 Å². The molecule has 126 valence electrons. The first-order chi connectivity index (χ1) is 10.8. The van der Waals surface area contributed by atoms with E-state index in [1.54, 1.807) is 22.5 Å². The second-order valence-electron chi connectivity index (χ2n) is 6.68. The van der Waals surface area contributed by atoms with Crippen LogP contribution in [-0.4, -0.2) is 37.0 Å². The van der Waals surface area contributed by atoms with Crippen molar-refractivity contribution >= 4 is 33.4 Å². The lowest BCUT2D eigenvalue weighted by Gasteiger charge is -2.34. The molecule has 1 fully saturated rings. The molecule has 0 aromatic heterocycles. The van der Waals surface area contributed by atoms with E-state index in [1.165, 1.54) is 11.8 Å². The number of fused-ring (bicyclic) bond motifs is 1. The van der Waals surface area contributed by atoms with Crippen LogP contribution in [0.4, 0.5) is 5.69 Å². The van der Waals surface area contributed by atoms with E-state index in [1.807, 2.05) is 6.92 Å². The Kier molecular flexibility index (Phi) is 4.46. The van der Waals surface area contributed by atoms with E-state index in [0.717, 1.165) is 11.3 Å². The van der Waals surface area contributed by atoms with Crippen molar-refractivity contribution in [1.29, 1.82) is 0 Å². The second kappa shape index (κ2) is 6.11. The van der Waals surface area contributed by atoms with E-state index < -0.39 is 10.0 Å². The van der Waals surface area contributed by atoms with Gasteiger partial charge in [0.2, 0.25) is 15.9 Å². The Hall–Kier alpha value is -1.05. The summed E-state index contributed by atoms with van der Waals surface area (Å²) in [6, 6.07) is 5.03. The molecule has 7 heteroatoms. The zero-order valence-corrected chi connectivity index (χ0v) is 15.2. The van der Waals surface area contributed by atoms with Gasteiger partial charge in [0.25, 0.3) is 0 Å². The molecule has 0 saturated carbocycles. The molecule has 3 unspecified atom stereocenters. The molecule has 1 amide bonds. The van der Waals surface area contributed by atoms with Crippen LogP contribution in [0.3, 0.4) is 0 Å². The number of carbonyl (C=O) groups is 1. The van der Waals surface area contributed by atoms with Crippen LogP contribution >= 0.6 is 11.8 Å². The highest BCUT2D eigenvalue weighted by Crippen LogP contribution is 2.37. The Morgan fingerprint density at radius 2 is 1.83 bits per heavy atom. The van der Waals surface area contributed by atoms with Gasteiger partial charge in [-0.25, -0.2) is 8.42 Å². The van der Waals surface area contributed by atoms with Gasteiger partial charge in [0.05, 0.1) is 15.8 Å². The van der Waals surface area contributed by atoms with Gasteiger partial charge in [0.1, 0.15) is 0 Å². The number of hydrogen-bond donors (Lipinski definition) is 1. The summed E-state index contributed by atoms with van der Waals surface area (Å²) in [4.78, 5) is 13.0. The fraction of sp³-hybridized carbons (Fsp3) is 0.562. The van der Waals surface area contributed by atoms with E-state index in [-0.39, 0.29) is 16.1 Å². The minimum absolute atomic E-state index is 0.0859. The number of amides is 1. The number of thioether (sulfide) groups is 1. The number of sulfonamides is 1. The van der Waals surface area contributed by atoms with Crippen LogP contribution in [0.15, 0.2) is 28.0 Å². The van der Waals surface area contributed by atoms with E-state index >= 15 is 0 Å². The van der Waals surface area contributed by atoms with Crippen LogP contribution in [0.2, 0.25) is 0 Å². The smallest absolute Gasteiger partial charge is 0.243 e. The monoisotopic (exact) mass is 354 g/mol. The number of anilines is 1. The van der Waals surface area contributed by atoms with E-state index in [0.29, 0.717) is 30.6 Å². The Morgan fingerprint density at radius 1 is 1.17 bits per heavy atom. The van der Waals surface area contributed by atoms with Gasteiger partial charge < -0.3 is 5.32 Å². The lowest BCUT2D eigenvalue weighted by molar-refractivity contribution is -0.115. The van der Waals surface area contributed by atoms with Crippen molar-refractivity contribution < 1.29 is 13.2 Å². The predicted molar refractivity (Wildman–Crippen MR) is 92.1 cm³/mol. The summed E-state index contributed by atoms with van der Waals surface area (Å²) < 4.78 is 27.4. The van der Waals surface area contributed by atoms with Crippen molar-refractivity contribution in [3.05, 3.63) is 18.2 Å². The van der Waals surface area contributed by atoms with Crippen LogP contribution < -0.4 is 5.32 Å². The fourth-order valence-electron chi connectivity index (χ4n) is 3.30. The molecule has 0 radical (unpaired) electrons. The third-order valence-electron chi connectivity index (χ3n) is 4.36. The van der Waals surface area contributed by atoms with Crippen molar-refractivity contribution in [3.8, 4) is 0 Å². The summed E-state index contributed by atoms with van der Waals surface area (Å²) >= 11 is 1.46. The van der Waals surface area contributed by atoms with Gasteiger partial charge in [-0.15, -0.1) is 11.8 Å². The molecule has 1 saturated heterocycles. The molecule has 1 aromatic rings. The third kappa shape index (κ3) is 3.27. The van der Waals surface area contributed by atoms with Crippen molar-refractivity contribution in [2.75, 3.05) is 18.4 Å². The van der Waals surface area contributed by atoms with Crippen molar-refractivity contribution in [2.24, 2.45) is 11.8 Å². The molecule has 2 heterocycles. The van der Waals surface area contributed by atoms with Crippen LogP contribution in [0.1, 0.15) is 27.2 Å². The molecule has 3 atom stereocenters. The van der Waals surface area contributed by atoms with Crippen LogP contribution in [0, 0.1) is 11.8 Å². The molecular formula is C16H22N2O3S2. The van der Waals surface area contributed by atoms with Gasteiger partial charge in [-0.05, 0) is 43.4 Å². The average Bonchev–Trinajstić information content (AvgIpc) is 2.47. The van der Waals surface area contributed by atoms with Gasteiger partial charge in [-0.2, -0.15) is 4.31 Å². The van der Waals surface area contributed by atoms with Gasteiger partial charge in [0.15, 0.2) is 0 Å². The predicted octanol–water partition coefficient (Wildman–Crippen LogP) is 2.79. The summed E-state index contributed by atoms with van der Waals surface area (Å²) in [6.07, 6.45) is 1.06. The first kappa shape index (κ1) is 16.8.